The highest BCUT2D eigenvalue weighted by molar-refractivity contribution is 6.07. The van der Waals surface area contributed by atoms with Crippen LogP contribution in [0.3, 0.4) is 0 Å². The van der Waals surface area contributed by atoms with E-state index in [-0.39, 0.29) is 18.0 Å². The van der Waals surface area contributed by atoms with Gasteiger partial charge in [0, 0.05) is 12.1 Å². The van der Waals surface area contributed by atoms with E-state index < -0.39 is 5.54 Å². The van der Waals surface area contributed by atoms with E-state index in [0.717, 1.165) is 64.2 Å². The van der Waals surface area contributed by atoms with Gasteiger partial charge in [-0.2, -0.15) is 0 Å². The van der Waals surface area contributed by atoms with Crippen molar-refractivity contribution in [1.29, 1.82) is 0 Å². The van der Waals surface area contributed by atoms with E-state index in [1.807, 2.05) is 0 Å². The van der Waals surface area contributed by atoms with Gasteiger partial charge in [0.25, 0.3) is 5.91 Å². The maximum absolute atomic E-state index is 13.5. The van der Waals surface area contributed by atoms with E-state index in [1.165, 1.54) is 32.1 Å². The second-order valence-electron chi connectivity index (χ2n) is 8.50. The molecule has 0 atom stereocenters. The van der Waals surface area contributed by atoms with Crippen molar-refractivity contribution in [3.05, 3.63) is 0 Å². The standard InChI is InChI=1S/C20H32N2O2/c23-18-20(14-8-3-9-15-20)22(17-12-6-2-7-13-17)19(24)21(18)16-10-4-1-5-11-16/h16-17H,1-15H2. The first-order valence-electron chi connectivity index (χ1n) is 10.4. The van der Waals surface area contributed by atoms with Crippen molar-refractivity contribution in [3.8, 4) is 0 Å². The molecule has 3 aliphatic carbocycles. The van der Waals surface area contributed by atoms with Crippen molar-refractivity contribution in [3.63, 3.8) is 0 Å². The first-order chi connectivity index (χ1) is 11.7. The SMILES string of the molecule is O=C1N(C2CCCCC2)C(=O)C2(CCCCC2)N1C1CCCCC1. The predicted molar refractivity (Wildman–Crippen MR) is 93.6 cm³/mol. The van der Waals surface area contributed by atoms with Gasteiger partial charge < -0.3 is 4.90 Å². The monoisotopic (exact) mass is 332 g/mol. The molecule has 4 heteroatoms. The average molecular weight is 332 g/mol. The Labute approximate surface area is 145 Å². The smallest absolute Gasteiger partial charge is 0.307 e. The zero-order chi connectivity index (χ0) is 16.6. The molecule has 3 amide bonds. The molecule has 0 N–H and O–H groups in total. The normalized spacial score (nSPS) is 29.7. The fourth-order valence-electron chi connectivity index (χ4n) is 5.81. The Morgan fingerprint density at radius 1 is 0.667 bits per heavy atom. The van der Waals surface area contributed by atoms with E-state index in [1.54, 1.807) is 4.90 Å². The third-order valence-electron chi connectivity index (χ3n) is 7.05. The third-order valence-corrected chi connectivity index (χ3v) is 7.05. The fraction of sp³-hybridized carbons (Fsp3) is 0.900. The summed E-state index contributed by atoms with van der Waals surface area (Å²) in [5.74, 6) is 0.171. The van der Waals surface area contributed by atoms with Gasteiger partial charge in [0.2, 0.25) is 0 Å². The molecule has 0 aromatic heterocycles. The second kappa shape index (κ2) is 6.68. The molecule has 1 saturated heterocycles. The molecule has 0 radical (unpaired) electrons. The summed E-state index contributed by atoms with van der Waals surface area (Å²) in [5.41, 5.74) is -0.477. The summed E-state index contributed by atoms with van der Waals surface area (Å²) < 4.78 is 0. The van der Waals surface area contributed by atoms with E-state index in [9.17, 15) is 9.59 Å². The molecule has 0 aromatic rings. The topological polar surface area (TPSA) is 40.6 Å². The number of imide groups is 1. The molecule has 3 saturated carbocycles. The first kappa shape index (κ1) is 16.4. The summed E-state index contributed by atoms with van der Waals surface area (Å²) in [6, 6.07) is 0.550. The minimum Gasteiger partial charge on any atom is -0.307 e. The van der Waals surface area contributed by atoms with Gasteiger partial charge in [-0.15, -0.1) is 0 Å². The molecule has 134 valence electrons. The maximum atomic E-state index is 13.5. The Hall–Kier alpha value is -1.06. The summed E-state index contributed by atoms with van der Waals surface area (Å²) in [6.07, 6.45) is 16.7. The van der Waals surface area contributed by atoms with Gasteiger partial charge in [0.15, 0.2) is 0 Å². The van der Waals surface area contributed by atoms with Crippen molar-refractivity contribution < 1.29 is 9.59 Å². The van der Waals surface area contributed by atoms with Gasteiger partial charge in [0.05, 0.1) is 0 Å². The van der Waals surface area contributed by atoms with E-state index in [0.29, 0.717) is 6.04 Å². The molecule has 1 spiro atoms. The Morgan fingerprint density at radius 3 is 1.75 bits per heavy atom. The van der Waals surface area contributed by atoms with E-state index >= 15 is 0 Å². The number of amides is 3. The molecular weight excluding hydrogens is 300 g/mol. The third kappa shape index (κ3) is 2.57. The number of hydrogen-bond acceptors (Lipinski definition) is 2. The second-order valence-corrected chi connectivity index (χ2v) is 8.50. The molecule has 4 aliphatic rings. The number of nitrogens with zero attached hydrogens (tertiary/aromatic N) is 2. The molecule has 0 unspecified atom stereocenters. The van der Waals surface area contributed by atoms with E-state index in [4.69, 9.17) is 0 Å². The highest BCUT2D eigenvalue weighted by Gasteiger charge is 2.60. The average Bonchev–Trinajstić information content (AvgIpc) is 2.84. The van der Waals surface area contributed by atoms with Gasteiger partial charge in [-0.1, -0.05) is 57.8 Å². The quantitative estimate of drug-likeness (QED) is 0.692. The van der Waals surface area contributed by atoms with Crippen LogP contribution < -0.4 is 0 Å². The Balaban J connectivity index is 1.66. The molecule has 4 rings (SSSR count). The van der Waals surface area contributed by atoms with Crippen LogP contribution in [0.15, 0.2) is 0 Å². The van der Waals surface area contributed by atoms with Crippen LogP contribution in [0.2, 0.25) is 0 Å². The molecule has 0 aromatic carbocycles. The van der Waals surface area contributed by atoms with Crippen LogP contribution in [0.25, 0.3) is 0 Å². The molecule has 4 nitrogen and oxygen atoms in total. The zero-order valence-electron chi connectivity index (χ0n) is 15.0. The molecule has 1 aliphatic heterocycles. The van der Waals surface area contributed by atoms with Crippen LogP contribution in [0, 0.1) is 0 Å². The molecule has 4 fully saturated rings. The lowest BCUT2D eigenvalue weighted by atomic mass is 9.78. The number of carbonyl (C=O) groups excluding carboxylic acids is 2. The lowest BCUT2D eigenvalue weighted by molar-refractivity contribution is -0.137. The summed E-state index contributed by atoms with van der Waals surface area (Å²) in [6.45, 7) is 0. The number of hydrogen-bond donors (Lipinski definition) is 0. The van der Waals surface area contributed by atoms with Crippen LogP contribution in [-0.2, 0) is 4.79 Å². The Kier molecular flexibility index (Phi) is 4.57. The van der Waals surface area contributed by atoms with Crippen LogP contribution >= 0.6 is 0 Å². The fourth-order valence-corrected chi connectivity index (χ4v) is 5.81. The summed E-state index contributed by atoms with van der Waals surface area (Å²) in [4.78, 5) is 30.8. The van der Waals surface area contributed by atoms with Gasteiger partial charge in [-0.25, -0.2) is 4.79 Å². The van der Waals surface area contributed by atoms with Crippen molar-refractivity contribution in [2.75, 3.05) is 0 Å². The molecule has 24 heavy (non-hydrogen) atoms. The van der Waals surface area contributed by atoms with Gasteiger partial charge in [-0.05, 0) is 38.5 Å². The summed E-state index contributed by atoms with van der Waals surface area (Å²) in [7, 11) is 0. The van der Waals surface area contributed by atoms with Crippen LogP contribution in [0.1, 0.15) is 96.3 Å². The summed E-state index contributed by atoms with van der Waals surface area (Å²) >= 11 is 0. The van der Waals surface area contributed by atoms with Crippen LogP contribution in [-0.4, -0.2) is 39.4 Å². The van der Waals surface area contributed by atoms with Crippen molar-refractivity contribution in [2.24, 2.45) is 0 Å². The van der Waals surface area contributed by atoms with Gasteiger partial charge >= 0.3 is 6.03 Å². The number of carbonyl (C=O) groups is 2. The Bertz CT molecular complexity index is 486. The maximum Gasteiger partial charge on any atom is 0.328 e. The molecule has 1 heterocycles. The lowest BCUT2D eigenvalue weighted by Crippen LogP contribution is -2.55. The van der Waals surface area contributed by atoms with Gasteiger partial charge in [0.1, 0.15) is 5.54 Å². The van der Waals surface area contributed by atoms with Crippen LogP contribution in [0.5, 0.6) is 0 Å². The lowest BCUT2D eigenvalue weighted by Gasteiger charge is -2.43. The zero-order valence-corrected chi connectivity index (χ0v) is 15.0. The minimum absolute atomic E-state index is 0.0701. The number of urea groups is 1. The first-order valence-corrected chi connectivity index (χ1v) is 10.4. The van der Waals surface area contributed by atoms with Crippen LogP contribution in [0.4, 0.5) is 4.79 Å². The molecule has 0 bridgehead atoms. The van der Waals surface area contributed by atoms with Crippen molar-refractivity contribution >= 4 is 11.9 Å². The minimum atomic E-state index is -0.477. The molecular formula is C20H32N2O2. The van der Waals surface area contributed by atoms with Crippen molar-refractivity contribution in [1.82, 2.24) is 9.80 Å². The highest BCUT2D eigenvalue weighted by atomic mass is 16.2. The van der Waals surface area contributed by atoms with Crippen molar-refractivity contribution in [2.45, 2.75) is 114 Å². The van der Waals surface area contributed by atoms with Gasteiger partial charge in [-0.3, -0.25) is 9.69 Å². The highest BCUT2D eigenvalue weighted by Crippen LogP contribution is 2.45. The largest absolute Gasteiger partial charge is 0.328 e. The Morgan fingerprint density at radius 2 is 1.17 bits per heavy atom. The number of rotatable bonds is 2. The predicted octanol–water partition coefficient (Wildman–Crippen LogP) is 4.62. The van der Waals surface area contributed by atoms with E-state index in [2.05, 4.69) is 4.90 Å². The summed E-state index contributed by atoms with van der Waals surface area (Å²) in [5, 5.41) is 0.